The van der Waals surface area contributed by atoms with E-state index in [2.05, 4.69) is 56.4 Å². The average Bonchev–Trinajstić information content (AvgIpc) is 2.59. The van der Waals surface area contributed by atoms with E-state index in [1.807, 2.05) is 26.0 Å². The van der Waals surface area contributed by atoms with Gasteiger partial charge < -0.3 is 10.1 Å². The molecular formula is C23H31NO2. The Morgan fingerprint density at radius 2 is 1.77 bits per heavy atom. The van der Waals surface area contributed by atoms with Crippen LogP contribution in [0.25, 0.3) is 0 Å². The summed E-state index contributed by atoms with van der Waals surface area (Å²) in [7, 11) is 1.67. The first kappa shape index (κ1) is 20.0. The van der Waals surface area contributed by atoms with E-state index in [4.69, 9.17) is 4.74 Å². The minimum atomic E-state index is 0.00845. The summed E-state index contributed by atoms with van der Waals surface area (Å²) >= 11 is 0. The highest BCUT2D eigenvalue weighted by Gasteiger charge is 2.15. The SMILES string of the molecule is COc1ccc(CCC(=O)N[C@H](C)c2ccc(C(C)(C)C)cc2)cc1C. The second kappa shape index (κ2) is 8.39. The van der Waals surface area contributed by atoms with Crippen molar-refractivity contribution < 1.29 is 9.53 Å². The third-order valence-electron chi connectivity index (χ3n) is 4.75. The van der Waals surface area contributed by atoms with Crippen LogP contribution in [0.4, 0.5) is 0 Å². The van der Waals surface area contributed by atoms with Crippen LogP contribution in [0.3, 0.4) is 0 Å². The number of nitrogens with one attached hydrogen (secondary N) is 1. The molecular weight excluding hydrogens is 322 g/mol. The normalized spacial score (nSPS) is 12.5. The van der Waals surface area contributed by atoms with Crippen LogP contribution in [-0.2, 0) is 16.6 Å². The van der Waals surface area contributed by atoms with Gasteiger partial charge in [0.2, 0.25) is 5.91 Å². The van der Waals surface area contributed by atoms with Gasteiger partial charge in [-0.3, -0.25) is 4.79 Å². The zero-order valence-electron chi connectivity index (χ0n) is 16.8. The average molecular weight is 354 g/mol. The number of rotatable bonds is 6. The number of hydrogen-bond acceptors (Lipinski definition) is 2. The molecule has 0 heterocycles. The highest BCUT2D eigenvalue weighted by atomic mass is 16.5. The topological polar surface area (TPSA) is 38.3 Å². The van der Waals surface area contributed by atoms with E-state index in [9.17, 15) is 4.79 Å². The van der Waals surface area contributed by atoms with Crippen molar-refractivity contribution in [3.8, 4) is 5.75 Å². The molecule has 1 N–H and O–H groups in total. The molecule has 0 aliphatic carbocycles. The van der Waals surface area contributed by atoms with E-state index in [-0.39, 0.29) is 17.4 Å². The van der Waals surface area contributed by atoms with Gasteiger partial charge in [0.1, 0.15) is 5.75 Å². The van der Waals surface area contributed by atoms with Gasteiger partial charge in [-0.1, -0.05) is 57.2 Å². The van der Waals surface area contributed by atoms with Crippen LogP contribution in [0.15, 0.2) is 42.5 Å². The third kappa shape index (κ3) is 5.35. The van der Waals surface area contributed by atoms with Crippen LogP contribution in [0.5, 0.6) is 5.75 Å². The summed E-state index contributed by atoms with van der Waals surface area (Å²) in [5, 5.41) is 3.10. The van der Waals surface area contributed by atoms with E-state index >= 15 is 0 Å². The summed E-state index contributed by atoms with van der Waals surface area (Å²) in [5.74, 6) is 0.955. The van der Waals surface area contributed by atoms with Crippen LogP contribution in [0, 0.1) is 6.92 Å². The summed E-state index contributed by atoms with van der Waals surface area (Å²) in [6.45, 7) is 10.7. The molecule has 2 aromatic carbocycles. The molecule has 1 amide bonds. The lowest BCUT2D eigenvalue weighted by Crippen LogP contribution is -2.26. The highest BCUT2D eigenvalue weighted by molar-refractivity contribution is 5.76. The van der Waals surface area contributed by atoms with Crippen molar-refractivity contribution in [2.24, 2.45) is 0 Å². The molecule has 3 nitrogen and oxygen atoms in total. The molecule has 0 radical (unpaired) electrons. The lowest BCUT2D eigenvalue weighted by atomic mass is 9.86. The summed E-state index contributed by atoms with van der Waals surface area (Å²) in [5.41, 5.74) is 4.82. The number of hydrogen-bond donors (Lipinski definition) is 1. The lowest BCUT2D eigenvalue weighted by Gasteiger charge is -2.20. The van der Waals surface area contributed by atoms with Crippen LogP contribution in [0.2, 0.25) is 0 Å². The Morgan fingerprint density at radius 1 is 1.12 bits per heavy atom. The standard InChI is InChI=1S/C23H31NO2/c1-16-15-18(7-13-21(16)26-6)8-14-22(25)24-17(2)19-9-11-20(12-10-19)23(3,4)5/h7,9-13,15,17H,8,14H2,1-6H3,(H,24,25)/t17-/m1/s1. The minimum Gasteiger partial charge on any atom is -0.496 e. The summed E-state index contributed by atoms with van der Waals surface area (Å²) in [4.78, 5) is 12.3. The fourth-order valence-electron chi connectivity index (χ4n) is 3.02. The summed E-state index contributed by atoms with van der Waals surface area (Å²) in [6.07, 6.45) is 1.21. The number of methoxy groups -OCH3 is 1. The van der Waals surface area contributed by atoms with Crippen LogP contribution < -0.4 is 10.1 Å². The Balaban J connectivity index is 1.90. The van der Waals surface area contributed by atoms with E-state index in [1.54, 1.807) is 7.11 Å². The molecule has 2 rings (SSSR count). The van der Waals surface area contributed by atoms with Gasteiger partial charge in [-0.25, -0.2) is 0 Å². The minimum absolute atomic E-state index is 0.00845. The molecule has 0 spiro atoms. The Hall–Kier alpha value is -2.29. The predicted molar refractivity (Wildman–Crippen MR) is 108 cm³/mol. The van der Waals surface area contributed by atoms with Gasteiger partial charge in [0, 0.05) is 6.42 Å². The molecule has 0 aliphatic rings. The maximum Gasteiger partial charge on any atom is 0.220 e. The molecule has 0 fully saturated rings. The number of carbonyl (C=O) groups is 1. The molecule has 2 aromatic rings. The fraction of sp³-hybridized carbons (Fsp3) is 0.435. The van der Waals surface area contributed by atoms with Gasteiger partial charge in [-0.15, -0.1) is 0 Å². The van der Waals surface area contributed by atoms with E-state index in [0.717, 1.165) is 28.9 Å². The molecule has 1 atom stereocenters. The second-order valence-corrected chi connectivity index (χ2v) is 7.97. The first-order valence-electron chi connectivity index (χ1n) is 9.24. The zero-order valence-corrected chi connectivity index (χ0v) is 16.8. The Bertz CT molecular complexity index is 742. The van der Waals surface area contributed by atoms with Crippen LogP contribution in [0.1, 0.15) is 62.4 Å². The van der Waals surface area contributed by atoms with Crippen molar-refractivity contribution in [1.82, 2.24) is 5.32 Å². The van der Waals surface area contributed by atoms with Crippen molar-refractivity contribution in [2.45, 2.75) is 58.9 Å². The maximum absolute atomic E-state index is 12.3. The Morgan fingerprint density at radius 3 is 2.31 bits per heavy atom. The molecule has 0 saturated heterocycles. The van der Waals surface area contributed by atoms with E-state index in [1.165, 1.54) is 5.56 Å². The predicted octanol–water partition coefficient (Wildman–Crippen LogP) is 5.11. The zero-order chi connectivity index (χ0) is 19.3. The number of amides is 1. The maximum atomic E-state index is 12.3. The molecule has 0 aliphatic heterocycles. The number of carbonyl (C=O) groups excluding carboxylic acids is 1. The largest absolute Gasteiger partial charge is 0.496 e. The fourth-order valence-corrected chi connectivity index (χ4v) is 3.02. The molecule has 26 heavy (non-hydrogen) atoms. The molecule has 0 bridgehead atoms. The quantitative estimate of drug-likeness (QED) is 0.783. The third-order valence-corrected chi connectivity index (χ3v) is 4.75. The molecule has 0 saturated carbocycles. The van der Waals surface area contributed by atoms with Gasteiger partial charge in [0.05, 0.1) is 13.2 Å². The van der Waals surface area contributed by atoms with Crippen molar-refractivity contribution in [2.75, 3.05) is 7.11 Å². The van der Waals surface area contributed by atoms with Crippen molar-refractivity contribution in [1.29, 1.82) is 0 Å². The first-order chi connectivity index (χ1) is 12.2. The number of aryl methyl sites for hydroxylation is 2. The van der Waals surface area contributed by atoms with Crippen molar-refractivity contribution in [3.63, 3.8) is 0 Å². The lowest BCUT2D eigenvalue weighted by molar-refractivity contribution is -0.121. The van der Waals surface area contributed by atoms with Gasteiger partial charge >= 0.3 is 0 Å². The highest BCUT2D eigenvalue weighted by Crippen LogP contribution is 2.24. The van der Waals surface area contributed by atoms with E-state index in [0.29, 0.717) is 6.42 Å². The molecule has 0 aromatic heterocycles. The molecule has 0 unspecified atom stereocenters. The monoisotopic (exact) mass is 353 g/mol. The van der Waals surface area contributed by atoms with Gasteiger partial charge in [0.15, 0.2) is 0 Å². The molecule has 140 valence electrons. The summed E-state index contributed by atoms with van der Waals surface area (Å²) in [6, 6.07) is 14.6. The second-order valence-electron chi connectivity index (χ2n) is 7.97. The Labute approximate surface area is 157 Å². The first-order valence-corrected chi connectivity index (χ1v) is 9.24. The summed E-state index contributed by atoms with van der Waals surface area (Å²) < 4.78 is 5.28. The van der Waals surface area contributed by atoms with Gasteiger partial charge in [-0.05, 0) is 54.0 Å². The smallest absolute Gasteiger partial charge is 0.220 e. The van der Waals surface area contributed by atoms with E-state index < -0.39 is 0 Å². The number of benzene rings is 2. The van der Waals surface area contributed by atoms with Crippen LogP contribution in [-0.4, -0.2) is 13.0 Å². The Kier molecular flexibility index (Phi) is 6.47. The van der Waals surface area contributed by atoms with Gasteiger partial charge in [0.25, 0.3) is 0 Å². The van der Waals surface area contributed by atoms with Crippen molar-refractivity contribution in [3.05, 3.63) is 64.7 Å². The van der Waals surface area contributed by atoms with Crippen molar-refractivity contribution >= 4 is 5.91 Å². The molecule has 3 heteroatoms. The van der Waals surface area contributed by atoms with Crippen LogP contribution >= 0.6 is 0 Å². The van der Waals surface area contributed by atoms with Gasteiger partial charge in [-0.2, -0.15) is 0 Å². The number of ether oxygens (including phenoxy) is 1.